The maximum Gasteiger partial charge on any atom is 0.257 e. The van der Waals surface area contributed by atoms with E-state index in [1.165, 1.54) is 0 Å². The molecule has 0 bridgehead atoms. The van der Waals surface area contributed by atoms with E-state index in [1.807, 2.05) is 6.92 Å². The van der Waals surface area contributed by atoms with E-state index in [2.05, 4.69) is 5.32 Å². The number of aliphatic hydroxyl groups is 1. The molecule has 21 heavy (non-hydrogen) atoms. The summed E-state index contributed by atoms with van der Waals surface area (Å²) in [5.74, 6) is -2.57. The molecule has 1 saturated carbocycles. The van der Waals surface area contributed by atoms with Crippen molar-refractivity contribution in [3.63, 3.8) is 0 Å². The molecule has 4 nitrogen and oxygen atoms in total. The molecule has 1 aliphatic carbocycles. The Labute approximate surface area is 122 Å². The Hall–Kier alpha value is -1.69. The van der Waals surface area contributed by atoms with Gasteiger partial charge in [-0.25, -0.2) is 8.78 Å². The maximum absolute atomic E-state index is 13.9. The summed E-state index contributed by atoms with van der Waals surface area (Å²) in [5, 5.41) is 12.2. The van der Waals surface area contributed by atoms with Crippen LogP contribution in [0.5, 0.6) is 0 Å². The van der Waals surface area contributed by atoms with Gasteiger partial charge in [-0.3, -0.25) is 4.79 Å². The molecule has 0 heterocycles. The fourth-order valence-electron chi connectivity index (χ4n) is 3.04. The molecule has 0 saturated heterocycles. The minimum absolute atomic E-state index is 0.255. The first-order valence-corrected chi connectivity index (χ1v) is 7.05. The van der Waals surface area contributed by atoms with Gasteiger partial charge >= 0.3 is 0 Å². The fourth-order valence-corrected chi connectivity index (χ4v) is 3.04. The van der Waals surface area contributed by atoms with Crippen molar-refractivity contribution in [2.45, 2.75) is 38.1 Å². The minimum Gasteiger partial charge on any atom is -0.396 e. The summed E-state index contributed by atoms with van der Waals surface area (Å²) in [5.41, 5.74) is 3.58. The first-order valence-electron chi connectivity index (χ1n) is 7.05. The summed E-state index contributed by atoms with van der Waals surface area (Å²) in [6, 6.07) is 2.04. The van der Waals surface area contributed by atoms with Crippen LogP contribution in [0.3, 0.4) is 0 Å². The molecule has 4 N–H and O–H groups in total. The van der Waals surface area contributed by atoms with E-state index in [9.17, 15) is 18.7 Å². The third-order valence-electron chi connectivity index (χ3n) is 4.12. The van der Waals surface area contributed by atoms with Crippen molar-refractivity contribution in [2.24, 2.45) is 5.92 Å². The van der Waals surface area contributed by atoms with Gasteiger partial charge in [-0.2, -0.15) is 0 Å². The Balaban J connectivity index is 2.26. The van der Waals surface area contributed by atoms with Gasteiger partial charge in [0.2, 0.25) is 0 Å². The summed E-state index contributed by atoms with van der Waals surface area (Å²) in [4.78, 5) is 12.2. The van der Waals surface area contributed by atoms with Crippen molar-refractivity contribution in [1.82, 2.24) is 5.32 Å². The fraction of sp³-hybridized carbons (Fsp3) is 0.533. The number of anilines is 1. The molecule has 1 aromatic carbocycles. The lowest BCUT2D eigenvalue weighted by molar-refractivity contribution is 0.0690. The third-order valence-corrected chi connectivity index (χ3v) is 4.12. The largest absolute Gasteiger partial charge is 0.396 e. The first-order chi connectivity index (χ1) is 9.88. The molecule has 1 aliphatic rings. The zero-order valence-electron chi connectivity index (χ0n) is 12.0. The van der Waals surface area contributed by atoms with Crippen LogP contribution in [0.1, 0.15) is 43.0 Å². The second-order valence-corrected chi connectivity index (χ2v) is 5.92. The van der Waals surface area contributed by atoms with Crippen LogP contribution in [0, 0.1) is 17.6 Å². The quantitative estimate of drug-likeness (QED) is 0.749. The number of halogens is 2. The van der Waals surface area contributed by atoms with E-state index < -0.39 is 28.6 Å². The van der Waals surface area contributed by atoms with Crippen LogP contribution in [-0.4, -0.2) is 23.2 Å². The van der Waals surface area contributed by atoms with Crippen LogP contribution in [-0.2, 0) is 0 Å². The third kappa shape index (κ3) is 3.15. The van der Waals surface area contributed by atoms with Crippen molar-refractivity contribution < 1.29 is 18.7 Å². The molecule has 6 heteroatoms. The Morgan fingerprint density at radius 2 is 2.24 bits per heavy atom. The van der Waals surface area contributed by atoms with Gasteiger partial charge in [-0.15, -0.1) is 0 Å². The normalized spacial score (nSPS) is 25.6. The zero-order chi connectivity index (χ0) is 15.6. The average molecular weight is 298 g/mol. The molecule has 1 amide bonds. The van der Waals surface area contributed by atoms with E-state index >= 15 is 0 Å². The number of hydrogen-bond donors (Lipinski definition) is 3. The van der Waals surface area contributed by atoms with E-state index in [-0.39, 0.29) is 12.3 Å². The molecule has 116 valence electrons. The number of hydrogen-bond acceptors (Lipinski definition) is 3. The zero-order valence-corrected chi connectivity index (χ0v) is 12.0. The lowest BCUT2D eigenvalue weighted by Gasteiger charge is -2.39. The number of aliphatic hydroxyl groups excluding tert-OH is 1. The molecular weight excluding hydrogens is 278 g/mol. The van der Waals surface area contributed by atoms with Crippen LogP contribution < -0.4 is 11.1 Å². The minimum atomic E-state index is -1.07. The van der Waals surface area contributed by atoms with Crippen LogP contribution in [0.15, 0.2) is 12.1 Å². The topological polar surface area (TPSA) is 75.3 Å². The van der Waals surface area contributed by atoms with Gasteiger partial charge in [0.25, 0.3) is 5.91 Å². The first kappa shape index (κ1) is 15.7. The van der Waals surface area contributed by atoms with E-state index in [1.54, 1.807) is 0 Å². The number of amides is 1. The van der Waals surface area contributed by atoms with Gasteiger partial charge in [0.05, 0.1) is 17.8 Å². The summed E-state index contributed by atoms with van der Waals surface area (Å²) in [7, 11) is 0. The molecule has 2 rings (SSSR count). The number of nitrogen functional groups attached to an aromatic ring is 1. The summed E-state index contributed by atoms with van der Waals surface area (Å²) in [6.45, 7) is 1.77. The lowest BCUT2D eigenvalue weighted by Crippen LogP contribution is -2.54. The molecular formula is C15H20F2N2O2. The SMILES string of the molecule is CC1CCCC(CO)(NC(=O)c2c(F)ccc(N)c2F)C1. The van der Waals surface area contributed by atoms with Crippen molar-refractivity contribution in [3.05, 3.63) is 29.3 Å². The van der Waals surface area contributed by atoms with Crippen molar-refractivity contribution >= 4 is 11.6 Å². The summed E-state index contributed by atoms with van der Waals surface area (Å²) in [6.07, 6.45) is 3.04. The molecule has 0 radical (unpaired) electrons. The highest BCUT2D eigenvalue weighted by Gasteiger charge is 2.37. The Kier molecular flexibility index (Phi) is 4.46. The number of nitrogens with one attached hydrogen (secondary N) is 1. The number of rotatable bonds is 3. The van der Waals surface area contributed by atoms with Crippen LogP contribution >= 0.6 is 0 Å². The van der Waals surface area contributed by atoms with Crippen molar-refractivity contribution in [1.29, 1.82) is 0 Å². The monoisotopic (exact) mass is 298 g/mol. The molecule has 1 fully saturated rings. The second-order valence-electron chi connectivity index (χ2n) is 5.92. The van der Waals surface area contributed by atoms with E-state index in [0.29, 0.717) is 18.8 Å². The highest BCUT2D eigenvalue weighted by Crippen LogP contribution is 2.32. The van der Waals surface area contributed by atoms with Crippen LogP contribution in [0.4, 0.5) is 14.5 Å². The van der Waals surface area contributed by atoms with Crippen LogP contribution in [0.25, 0.3) is 0 Å². The van der Waals surface area contributed by atoms with Gasteiger partial charge in [-0.05, 0) is 30.9 Å². The predicted molar refractivity (Wildman–Crippen MR) is 75.7 cm³/mol. The number of nitrogens with two attached hydrogens (primary N) is 1. The lowest BCUT2D eigenvalue weighted by atomic mass is 9.76. The molecule has 2 unspecified atom stereocenters. The molecule has 0 aromatic heterocycles. The highest BCUT2D eigenvalue weighted by atomic mass is 19.1. The van der Waals surface area contributed by atoms with E-state index in [4.69, 9.17) is 5.73 Å². The Morgan fingerprint density at radius 1 is 1.52 bits per heavy atom. The second kappa shape index (κ2) is 5.97. The van der Waals surface area contributed by atoms with Crippen molar-refractivity contribution in [2.75, 3.05) is 12.3 Å². The number of carbonyl (C=O) groups is 1. The molecule has 0 spiro atoms. The number of carbonyl (C=O) groups excluding carboxylic acids is 1. The summed E-state index contributed by atoms with van der Waals surface area (Å²) < 4.78 is 27.6. The van der Waals surface area contributed by atoms with Gasteiger partial charge in [0.15, 0.2) is 5.82 Å². The van der Waals surface area contributed by atoms with Gasteiger partial charge in [-0.1, -0.05) is 19.8 Å². The maximum atomic E-state index is 13.9. The Morgan fingerprint density at radius 3 is 2.86 bits per heavy atom. The molecule has 1 aromatic rings. The predicted octanol–water partition coefficient (Wildman–Crippen LogP) is 2.22. The van der Waals surface area contributed by atoms with Gasteiger partial charge < -0.3 is 16.2 Å². The highest BCUT2D eigenvalue weighted by molar-refractivity contribution is 5.96. The van der Waals surface area contributed by atoms with Gasteiger partial charge in [0, 0.05) is 0 Å². The van der Waals surface area contributed by atoms with Crippen molar-refractivity contribution in [3.8, 4) is 0 Å². The Bertz CT molecular complexity index is 551. The smallest absolute Gasteiger partial charge is 0.257 e. The standard InChI is InChI=1S/C15H20F2N2O2/c1-9-3-2-6-15(7-9,8-20)19-14(21)12-10(16)4-5-11(18)13(12)17/h4-5,9,20H,2-3,6-8,18H2,1H3,(H,19,21). The van der Waals surface area contributed by atoms with Crippen LogP contribution in [0.2, 0.25) is 0 Å². The van der Waals surface area contributed by atoms with E-state index in [0.717, 1.165) is 25.0 Å². The molecule has 0 aliphatic heterocycles. The van der Waals surface area contributed by atoms with Gasteiger partial charge in [0.1, 0.15) is 11.4 Å². The molecule has 2 atom stereocenters. The number of benzene rings is 1. The summed E-state index contributed by atoms with van der Waals surface area (Å²) >= 11 is 0. The average Bonchev–Trinajstić information content (AvgIpc) is 2.43.